The molecule has 1 aromatic carbocycles. The summed E-state index contributed by atoms with van der Waals surface area (Å²) in [6, 6.07) is 7.55. The number of amides is 1. The van der Waals surface area contributed by atoms with Crippen molar-refractivity contribution in [2.24, 2.45) is 5.92 Å². The van der Waals surface area contributed by atoms with Gasteiger partial charge in [-0.1, -0.05) is 23.7 Å². The topological polar surface area (TPSA) is 90.1 Å². The lowest BCUT2D eigenvalue weighted by molar-refractivity contribution is -0.385. The van der Waals surface area contributed by atoms with Crippen LogP contribution in [0, 0.1) is 16.0 Å². The van der Waals surface area contributed by atoms with Crippen molar-refractivity contribution in [3.8, 4) is 0 Å². The molecule has 1 aliphatic rings. The Bertz CT molecular complexity index is 729. The molecule has 2 aromatic rings. The van der Waals surface area contributed by atoms with Crippen LogP contribution in [0.15, 0.2) is 36.7 Å². The molecule has 1 heterocycles. The van der Waals surface area contributed by atoms with E-state index in [4.69, 9.17) is 11.6 Å². The summed E-state index contributed by atoms with van der Waals surface area (Å²) in [6.07, 6.45) is 3.37. The standard InChI is InChI=1S/C15H15ClN4O3/c16-11-3-1-10(2-4-11)13-7-14(13)15(21)17-5-6-19-9-12(8-18-19)20(22)23/h1-4,8-9,13-14H,5-7H2,(H,17,21). The summed E-state index contributed by atoms with van der Waals surface area (Å²) in [5.41, 5.74) is 1.07. The van der Waals surface area contributed by atoms with Crippen molar-refractivity contribution in [1.82, 2.24) is 15.1 Å². The van der Waals surface area contributed by atoms with Crippen molar-refractivity contribution in [3.63, 3.8) is 0 Å². The molecule has 8 heteroatoms. The second kappa shape index (κ2) is 6.37. The molecule has 7 nitrogen and oxygen atoms in total. The molecule has 1 saturated carbocycles. The zero-order valence-corrected chi connectivity index (χ0v) is 12.9. The lowest BCUT2D eigenvalue weighted by Crippen LogP contribution is -2.29. The zero-order valence-electron chi connectivity index (χ0n) is 12.2. The normalized spacial score (nSPS) is 19.3. The van der Waals surface area contributed by atoms with Crippen LogP contribution < -0.4 is 5.32 Å². The predicted octanol–water partition coefficient (Wildman–Crippen LogP) is 2.36. The van der Waals surface area contributed by atoms with Gasteiger partial charge in [-0.3, -0.25) is 19.6 Å². The van der Waals surface area contributed by atoms with E-state index in [1.807, 2.05) is 24.3 Å². The molecule has 1 fully saturated rings. The lowest BCUT2D eigenvalue weighted by Gasteiger charge is -2.05. The number of hydrogen-bond acceptors (Lipinski definition) is 4. The van der Waals surface area contributed by atoms with E-state index in [9.17, 15) is 14.9 Å². The number of hydrogen-bond donors (Lipinski definition) is 1. The van der Waals surface area contributed by atoms with Crippen molar-refractivity contribution in [2.75, 3.05) is 6.54 Å². The van der Waals surface area contributed by atoms with Crippen LogP contribution in [0.5, 0.6) is 0 Å². The molecular formula is C15H15ClN4O3. The number of carbonyl (C=O) groups is 1. The highest BCUT2D eigenvalue weighted by Crippen LogP contribution is 2.47. The first-order valence-electron chi connectivity index (χ1n) is 7.24. The van der Waals surface area contributed by atoms with Gasteiger partial charge in [0.25, 0.3) is 0 Å². The Hall–Kier alpha value is -2.41. The van der Waals surface area contributed by atoms with E-state index in [0.29, 0.717) is 18.1 Å². The van der Waals surface area contributed by atoms with Crippen LogP contribution in [-0.4, -0.2) is 27.2 Å². The molecule has 120 valence electrons. The Morgan fingerprint density at radius 3 is 2.83 bits per heavy atom. The monoisotopic (exact) mass is 334 g/mol. The van der Waals surface area contributed by atoms with E-state index in [0.717, 1.165) is 12.0 Å². The van der Waals surface area contributed by atoms with E-state index in [1.165, 1.54) is 17.1 Å². The van der Waals surface area contributed by atoms with E-state index >= 15 is 0 Å². The Balaban J connectivity index is 1.45. The quantitative estimate of drug-likeness (QED) is 0.648. The second-order valence-electron chi connectivity index (χ2n) is 5.51. The maximum absolute atomic E-state index is 12.1. The fraction of sp³-hybridized carbons (Fsp3) is 0.333. The molecule has 1 N–H and O–H groups in total. The van der Waals surface area contributed by atoms with Gasteiger partial charge in [-0.25, -0.2) is 0 Å². The highest BCUT2D eigenvalue weighted by Gasteiger charge is 2.43. The van der Waals surface area contributed by atoms with E-state index in [-0.39, 0.29) is 23.4 Å². The summed E-state index contributed by atoms with van der Waals surface area (Å²) in [5.74, 6) is 0.243. The Morgan fingerprint density at radius 1 is 1.43 bits per heavy atom. The molecule has 23 heavy (non-hydrogen) atoms. The molecule has 2 unspecified atom stereocenters. The van der Waals surface area contributed by atoms with Crippen LogP contribution in [0.2, 0.25) is 5.02 Å². The van der Waals surface area contributed by atoms with Gasteiger partial charge in [0.15, 0.2) is 0 Å². The number of nitro groups is 1. The maximum Gasteiger partial charge on any atom is 0.306 e. The van der Waals surface area contributed by atoms with Crippen LogP contribution >= 0.6 is 11.6 Å². The van der Waals surface area contributed by atoms with Crippen LogP contribution in [0.4, 0.5) is 5.69 Å². The third kappa shape index (κ3) is 3.68. The van der Waals surface area contributed by atoms with E-state index in [1.54, 1.807) is 0 Å². The van der Waals surface area contributed by atoms with Gasteiger partial charge in [0.1, 0.15) is 12.4 Å². The third-order valence-electron chi connectivity index (χ3n) is 3.90. The number of nitrogens with one attached hydrogen (secondary N) is 1. The van der Waals surface area contributed by atoms with Gasteiger partial charge in [-0.05, 0) is 30.0 Å². The largest absolute Gasteiger partial charge is 0.354 e. The van der Waals surface area contributed by atoms with Crippen LogP contribution in [0.1, 0.15) is 17.9 Å². The molecular weight excluding hydrogens is 320 g/mol. The number of halogens is 1. The Morgan fingerprint density at radius 2 is 2.17 bits per heavy atom. The average molecular weight is 335 g/mol. The first-order valence-corrected chi connectivity index (χ1v) is 7.62. The number of carbonyl (C=O) groups excluding carboxylic acids is 1. The van der Waals surface area contributed by atoms with Crippen molar-refractivity contribution in [3.05, 3.63) is 57.4 Å². The number of aromatic nitrogens is 2. The molecule has 0 spiro atoms. The Labute approximate surface area is 137 Å². The van der Waals surface area contributed by atoms with Gasteiger partial charge in [0.2, 0.25) is 5.91 Å². The molecule has 1 amide bonds. The highest BCUT2D eigenvalue weighted by atomic mass is 35.5. The van der Waals surface area contributed by atoms with Gasteiger partial charge < -0.3 is 5.32 Å². The first-order chi connectivity index (χ1) is 11.0. The van der Waals surface area contributed by atoms with Gasteiger partial charge in [0.05, 0.1) is 11.5 Å². The van der Waals surface area contributed by atoms with Gasteiger partial charge in [-0.2, -0.15) is 5.10 Å². The molecule has 0 aliphatic heterocycles. The number of benzene rings is 1. The molecule has 1 aliphatic carbocycles. The minimum absolute atomic E-state index is 0.00612. The van der Waals surface area contributed by atoms with Crippen molar-refractivity contribution in [2.45, 2.75) is 18.9 Å². The van der Waals surface area contributed by atoms with Crippen molar-refractivity contribution in [1.29, 1.82) is 0 Å². The van der Waals surface area contributed by atoms with Gasteiger partial charge in [-0.15, -0.1) is 0 Å². The fourth-order valence-corrected chi connectivity index (χ4v) is 2.68. The fourth-order valence-electron chi connectivity index (χ4n) is 2.56. The number of rotatable bonds is 6. The lowest BCUT2D eigenvalue weighted by atomic mass is 10.1. The first kappa shape index (κ1) is 15.5. The summed E-state index contributed by atoms with van der Waals surface area (Å²) in [5, 5.41) is 18.0. The third-order valence-corrected chi connectivity index (χ3v) is 4.15. The summed E-state index contributed by atoms with van der Waals surface area (Å²) < 4.78 is 1.45. The van der Waals surface area contributed by atoms with Crippen LogP contribution in [0.25, 0.3) is 0 Å². The number of nitrogens with zero attached hydrogens (tertiary/aromatic N) is 3. The SMILES string of the molecule is O=C(NCCn1cc([N+](=O)[O-])cn1)C1CC1c1ccc(Cl)cc1. The van der Waals surface area contributed by atoms with E-state index in [2.05, 4.69) is 10.4 Å². The van der Waals surface area contributed by atoms with Crippen LogP contribution in [-0.2, 0) is 11.3 Å². The maximum atomic E-state index is 12.1. The molecule has 0 saturated heterocycles. The van der Waals surface area contributed by atoms with Crippen molar-refractivity contribution < 1.29 is 9.72 Å². The molecule has 3 rings (SSSR count). The molecule has 2 atom stereocenters. The van der Waals surface area contributed by atoms with E-state index < -0.39 is 4.92 Å². The van der Waals surface area contributed by atoms with Gasteiger partial charge >= 0.3 is 5.69 Å². The summed E-state index contributed by atoms with van der Waals surface area (Å²) in [4.78, 5) is 22.1. The summed E-state index contributed by atoms with van der Waals surface area (Å²) >= 11 is 5.85. The second-order valence-corrected chi connectivity index (χ2v) is 5.95. The summed E-state index contributed by atoms with van der Waals surface area (Å²) in [7, 11) is 0. The minimum Gasteiger partial charge on any atom is -0.354 e. The van der Waals surface area contributed by atoms with Crippen molar-refractivity contribution >= 4 is 23.2 Å². The molecule has 1 aromatic heterocycles. The van der Waals surface area contributed by atoms with Crippen LogP contribution in [0.3, 0.4) is 0 Å². The average Bonchev–Trinajstić information content (AvgIpc) is 3.18. The molecule has 0 bridgehead atoms. The zero-order chi connectivity index (χ0) is 16.4. The molecule has 0 radical (unpaired) electrons. The highest BCUT2D eigenvalue weighted by molar-refractivity contribution is 6.30. The summed E-state index contributed by atoms with van der Waals surface area (Å²) in [6.45, 7) is 0.791. The van der Waals surface area contributed by atoms with Gasteiger partial charge in [0, 0.05) is 17.5 Å². The Kier molecular flexibility index (Phi) is 4.29. The predicted molar refractivity (Wildman–Crippen MR) is 84.2 cm³/mol. The minimum atomic E-state index is -0.497. The smallest absolute Gasteiger partial charge is 0.306 e.